The largest absolute Gasteiger partial charge is 2.00 e. The fourth-order valence-corrected chi connectivity index (χ4v) is 10.2. The molecule has 2 unspecified atom stereocenters. The number of aryl methyl sites for hydroxylation is 2. The summed E-state index contributed by atoms with van der Waals surface area (Å²) in [6.07, 6.45) is 10.9. The zero-order valence-corrected chi connectivity index (χ0v) is 31.7. The average molecular weight is 829 g/mol. The maximum atomic E-state index is 6.97. The molecule has 4 aliphatic rings. The Morgan fingerprint density at radius 2 is 1.60 bits per heavy atom. The van der Waals surface area contributed by atoms with E-state index in [9.17, 15) is 0 Å². The second-order valence-electron chi connectivity index (χ2n) is 15.4. The third-order valence-corrected chi connectivity index (χ3v) is 13.3. The van der Waals surface area contributed by atoms with E-state index in [1.807, 2.05) is 12.3 Å². The topological polar surface area (TPSA) is 39.4 Å². The molecule has 0 bridgehead atoms. The van der Waals surface area contributed by atoms with Crippen LogP contribution in [0.15, 0.2) is 93.8 Å². The van der Waals surface area contributed by atoms with E-state index in [4.69, 9.17) is 14.7 Å². The van der Waals surface area contributed by atoms with Crippen molar-refractivity contribution < 1.29 is 25.8 Å². The Morgan fingerprint density at radius 1 is 0.854 bits per heavy atom. The summed E-state index contributed by atoms with van der Waals surface area (Å²) >= 11 is 1.71. The smallest absolute Gasteiger partial charge is 0.511 e. The molecule has 1 fully saturated rings. The zero-order valence-electron chi connectivity index (χ0n) is 28.6. The van der Waals surface area contributed by atoms with Crippen molar-refractivity contribution in [2.75, 3.05) is 0 Å². The van der Waals surface area contributed by atoms with Crippen LogP contribution in [0.2, 0.25) is 0 Å². The first kappa shape index (κ1) is 31.8. The predicted octanol–water partition coefficient (Wildman–Crippen LogP) is 9.88. The van der Waals surface area contributed by atoms with Crippen molar-refractivity contribution in [2.45, 2.75) is 81.7 Å². The number of hydrogen-bond acceptors (Lipinski definition) is 4. The van der Waals surface area contributed by atoms with E-state index in [-0.39, 0.29) is 43.4 Å². The van der Waals surface area contributed by atoms with Crippen molar-refractivity contribution in [3.05, 3.63) is 119 Å². The van der Waals surface area contributed by atoms with Crippen LogP contribution in [0.4, 0.5) is 0 Å². The molecule has 9 rings (SSSR count). The standard InChI is InChI=1S/C42H39N3OS.Pt/c1-24-19-26(38-44-41(7)31-16-10-9-15-30(31)40(5,6)42(41,8)46-38)22-27(20-24)47-35-23-34-33(21-25(35)2)39(3,4)32-17-11-13-28-29-14-12-18-43-37(29)45(34)36(28)32;/h9-21,30-31H,1-8H3;/q-2;+2/t30?,31?,41-,42+;/m1./s1. The van der Waals surface area contributed by atoms with Crippen LogP contribution >= 0.6 is 11.8 Å². The molecule has 1 saturated carbocycles. The van der Waals surface area contributed by atoms with E-state index >= 15 is 0 Å². The molecule has 3 aromatic carbocycles. The molecule has 4 atom stereocenters. The SMILES string of the molecule is Cc1cc(Sc2[c-]c3c(cc2C)C(C)(C)c2cccc4c5cccnc5n-3c24)[c-]c(C2=N[C@]3(C)C4C=CC=CC4C(C)(C)[C@]3(C)O2)c1.[Pt+2]. The van der Waals surface area contributed by atoms with E-state index in [2.05, 4.69) is 139 Å². The van der Waals surface area contributed by atoms with Crippen LogP contribution in [0.1, 0.15) is 69.4 Å². The summed E-state index contributed by atoms with van der Waals surface area (Å²) in [6.45, 7) is 18.2. The maximum absolute atomic E-state index is 6.97. The molecule has 0 N–H and O–H groups in total. The van der Waals surface area contributed by atoms with Gasteiger partial charge in [0.2, 0.25) is 0 Å². The summed E-state index contributed by atoms with van der Waals surface area (Å²) in [5, 5.41) is 2.41. The molecule has 6 heteroatoms. The van der Waals surface area contributed by atoms with Crippen LogP contribution < -0.4 is 0 Å². The molecule has 4 heterocycles. The van der Waals surface area contributed by atoms with Gasteiger partial charge in [-0.05, 0) is 42.9 Å². The Balaban J connectivity index is 0.00000336. The molecule has 0 saturated heterocycles. The summed E-state index contributed by atoms with van der Waals surface area (Å²) in [5.74, 6) is 1.37. The molecular formula is C42H39N3OPtS. The Hall–Kier alpha value is -3.40. The van der Waals surface area contributed by atoms with Crippen molar-refractivity contribution in [2.24, 2.45) is 22.2 Å². The fraction of sp³-hybridized carbons (Fsp3) is 0.333. The Morgan fingerprint density at radius 3 is 2.40 bits per heavy atom. The monoisotopic (exact) mass is 828 g/mol. The number of fused-ring (bicyclic) bond motifs is 8. The van der Waals surface area contributed by atoms with E-state index in [1.165, 1.54) is 33.0 Å². The maximum Gasteiger partial charge on any atom is 2.00 e. The fourth-order valence-electron chi connectivity index (χ4n) is 9.18. The van der Waals surface area contributed by atoms with Gasteiger partial charge in [0.25, 0.3) is 0 Å². The van der Waals surface area contributed by atoms with Gasteiger partial charge in [-0.1, -0.05) is 105 Å². The van der Waals surface area contributed by atoms with Gasteiger partial charge in [-0.25, -0.2) is 4.98 Å². The van der Waals surface area contributed by atoms with Crippen molar-refractivity contribution in [1.82, 2.24) is 9.55 Å². The van der Waals surface area contributed by atoms with Crippen molar-refractivity contribution in [1.29, 1.82) is 0 Å². The van der Waals surface area contributed by atoms with E-state index < -0.39 is 5.60 Å². The first-order chi connectivity index (χ1) is 22.3. The number of para-hydroxylation sites is 1. The second-order valence-corrected chi connectivity index (χ2v) is 16.4. The van der Waals surface area contributed by atoms with Crippen LogP contribution in [-0.4, -0.2) is 26.6 Å². The minimum absolute atomic E-state index is 0. The summed E-state index contributed by atoms with van der Waals surface area (Å²) in [7, 11) is 0. The third kappa shape index (κ3) is 3.95. The van der Waals surface area contributed by atoms with Crippen molar-refractivity contribution in [3.63, 3.8) is 0 Å². The molecule has 2 aromatic heterocycles. The summed E-state index contributed by atoms with van der Waals surface area (Å²) in [5.41, 5.74) is 8.08. The van der Waals surface area contributed by atoms with Crippen molar-refractivity contribution >= 4 is 39.6 Å². The number of aliphatic imine (C=N–C) groups is 1. The third-order valence-electron chi connectivity index (χ3n) is 12.2. The van der Waals surface area contributed by atoms with Gasteiger partial charge in [0.1, 0.15) is 17.1 Å². The Kier molecular flexibility index (Phi) is 6.84. The second kappa shape index (κ2) is 10.3. The van der Waals surface area contributed by atoms with Crippen LogP contribution in [0.5, 0.6) is 0 Å². The van der Waals surface area contributed by atoms with E-state index in [1.54, 1.807) is 11.8 Å². The molecule has 2 aliphatic heterocycles. The summed E-state index contributed by atoms with van der Waals surface area (Å²) < 4.78 is 9.31. The number of nitrogens with zero attached hydrogens (tertiary/aromatic N) is 3. The van der Waals surface area contributed by atoms with E-state index in [0.29, 0.717) is 11.8 Å². The Bertz CT molecular complexity index is 2290. The summed E-state index contributed by atoms with van der Waals surface area (Å²) in [6, 6.07) is 25.2. The first-order valence-electron chi connectivity index (χ1n) is 16.7. The minimum atomic E-state index is -0.445. The first-order valence-corrected chi connectivity index (χ1v) is 17.5. The quantitative estimate of drug-likeness (QED) is 0.170. The van der Waals surface area contributed by atoms with Crippen LogP contribution in [0.25, 0.3) is 27.6 Å². The molecule has 0 spiro atoms. The van der Waals surface area contributed by atoms with Crippen LogP contribution in [0.3, 0.4) is 0 Å². The number of pyridine rings is 1. The molecule has 48 heavy (non-hydrogen) atoms. The number of benzene rings is 3. The normalized spacial score (nSPS) is 26.9. The molecule has 5 aromatic rings. The van der Waals surface area contributed by atoms with Crippen molar-refractivity contribution in [3.8, 4) is 5.69 Å². The number of aromatic nitrogens is 2. The zero-order chi connectivity index (χ0) is 32.7. The molecule has 244 valence electrons. The number of hydrogen-bond donors (Lipinski definition) is 0. The minimum Gasteiger partial charge on any atom is -0.511 e. The van der Waals surface area contributed by atoms with Crippen LogP contribution in [-0.2, 0) is 31.2 Å². The van der Waals surface area contributed by atoms with Gasteiger partial charge in [0.05, 0.1) is 11.1 Å². The van der Waals surface area contributed by atoms with Gasteiger partial charge < -0.3 is 9.30 Å². The number of allylic oxidation sites excluding steroid dienone is 3. The van der Waals surface area contributed by atoms with Gasteiger partial charge in [0.15, 0.2) is 0 Å². The van der Waals surface area contributed by atoms with E-state index in [0.717, 1.165) is 32.3 Å². The average Bonchev–Trinajstić information content (AvgIpc) is 3.57. The number of ether oxygens (including phenoxy) is 1. The van der Waals surface area contributed by atoms with Gasteiger partial charge in [-0.2, -0.15) is 6.07 Å². The molecule has 2 aliphatic carbocycles. The molecular weight excluding hydrogens is 790 g/mol. The van der Waals surface area contributed by atoms with Gasteiger partial charge in [-0.15, -0.1) is 52.7 Å². The van der Waals surface area contributed by atoms with Gasteiger partial charge >= 0.3 is 21.1 Å². The Labute approximate surface area is 302 Å². The molecule has 0 amide bonds. The van der Waals surface area contributed by atoms with Crippen LogP contribution in [0, 0.1) is 43.2 Å². The van der Waals surface area contributed by atoms with Gasteiger partial charge in [-0.3, -0.25) is 4.99 Å². The number of rotatable bonds is 3. The summed E-state index contributed by atoms with van der Waals surface area (Å²) in [4.78, 5) is 12.4. The molecule has 0 radical (unpaired) electrons. The predicted molar refractivity (Wildman–Crippen MR) is 192 cm³/mol. The molecule has 4 nitrogen and oxygen atoms in total. The van der Waals surface area contributed by atoms with Gasteiger partial charge in [0, 0.05) is 28.3 Å².